The Morgan fingerprint density at radius 2 is 2.00 bits per heavy atom. The van der Waals surface area contributed by atoms with Gasteiger partial charge in [-0.05, 0) is 17.9 Å². The Balaban J connectivity index is 3.11. The maximum absolute atomic E-state index is 10.0. The fourth-order valence-corrected chi connectivity index (χ4v) is 2.53. The van der Waals surface area contributed by atoms with Crippen LogP contribution in [-0.4, -0.2) is 10.1 Å². The molecular weight excluding hydrogens is 322 g/mol. The smallest absolute Gasteiger partial charge is 0.141 e. The van der Waals surface area contributed by atoms with Crippen molar-refractivity contribution in [2.75, 3.05) is 0 Å². The van der Waals surface area contributed by atoms with Crippen LogP contribution in [0.15, 0.2) is 6.20 Å². The molecule has 0 aliphatic carbocycles. The van der Waals surface area contributed by atoms with Crippen molar-refractivity contribution in [2.24, 2.45) is 5.92 Å². The predicted octanol–water partition coefficient (Wildman–Crippen LogP) is 3.78. The molecule has 0 saturated carbocycles. The second-order valence-electron chi connectivity index (χ2n) is 3.92. The Labute approximate surface area is 107 Å². The van der Waals surface area contributed by atoms with Crippen LogP contribution in [0.1, 0.15) is 30.7 Å². The van der Waals surface area contributed by atoms with Gasteiger partial charge in [-0.2, -0.15) is 0 Å². The first kappa shape index (κ1) is 13.0. The van der Waals surface area contributed by atoms with Crippen LogP contribution in [0.3, 0.4) is 0 Å². The van der Waals surface area contributed by atoms with E-state index in [4.69, 9.17) is 0 Å². The van der Waals surface area contributed by atoms with Gasteiger partial charge in [-0.3, -0.25) is 4.98 Å². The average Bonchev–Trinajstić information content (AvgIpc) is 2.20. The van der Waals surface area contributed by atoms with E-state index < -0.39 is 0 Å². The summed E-state index contributed by atoms with van der Waals surface area (Å²) in [6, 6.07) is 0. The number of pyridine rings is 1. The molecule has 0 spiro atoms. The van der Waals surface area contributed by atoms with E-state index in [-0.39, 0.29) is 0 Å². The largest absolute Gasteiger partial charge is 0.506 e. The minimum Gasteiger partial charge on any atom is -0.506 e. The number of nitrogens with zero attached hydrogens (tertiary/aromatic N) is 1. The van der Waals surface area contributed by atoms with Crippen molar-refractivity contribution in [2.45, 2.75) is 30.9 Å². The van der Waals surface area contributed by atoms with Crippen molar-refractivity contribution in [1.29, 1.82) is 0 Å². The fourth-order valence-electron chi connectivity index (χ4n) is 1.42. The number of alkyl halides is 2. The third kappa shape index (κ3) is 3.18. The maximum Gasteiger partial charge on any atom is 0.141 e. The highest BCUT2D eigenvalue weighted by atomic mass is 79.9. The molecule has 15 heavy (non-hydrogen) atoms. The summed E-state index contributed by atoms with van der Waals surface area (Å²) in [5.74, 6) is 0.846. The lowest BCUT2D eigenvalue weighted by Crippen LogP contribution is -2.01. The van der Waals surface area contributed by atoms with Gasteiger partial charge in [0, 0.05) is 22.4 Å². The topological polar surface area (TPSA) is 33.1 Å². The number of hydrogen-bond acceptors (Lipinski definition) is 2. The van der Waals surface area contributed by atoms with Crippen molar-refractivity contribution >= 4 is 31.9 Å². The second-order valence-corrected chi connectivity index (χ2v) is 5.04. The van der Waals surface area contributed by atoms with Crippen LogP contribution in [-0.2, 0) is 17.1 Å². The summed E-state index contributed by atoms with van der Waals surface area (Å²) in [5.41, 5.74) is 2.78. The lowest BCUT2D eigenvalue weighted by Gasteiger charge is -2.12. The van der Waals surface area contributed by atoms with Gasteiger partial charge in [0.15, 0.2) is 0 Å². The summed E-state index contributed by atoms with van der Waals surface area (Å²) in [6.45, 7) is 4.24. The highest BCUT2D eigenvalue weighted by molar-refractivity contribution is 9.09. The van der Waals surface area contributed by atoms with Gasteiger partial charge in [-0.15, -0.1) is 0 Å². The summed E-state index contributed by atoms with van der Waals surface area (Å²) >= 11 is 6.78. The first-order chi connectivity index (χ1) is 7.10. The van der Waals surface area contributed by atoms with Crippen LogP contribution in [0.2, 0.25) is 0 Å². The summed E-state index contributed by atoms with van der Waals surface area (Å²) in [5, 5.41) is 11.4. The number of aromatic nitrogens is 1. The minimum atomic E-state index is 0.345. The Kier molecular flexibility index (Phi) is 5.06. The van der Waals surface area contributed by atoms with Gasteiger partial charge in [0.1, 0.15) is 5.75 Å². The van der Waals surface area contributed by atoms with Crippen LogP contribution in [0.5, 0.6) is 5.75 Å². The number of rotatable bonds is 4. The van der Waals surface area contributed by atoms with Gasteiger partial charge in [0.2, 0.25) is 0 Å². The molecule has 0 saturated heterocycles. The molecule has 0 bridgehead atoms. The Morgan fingerprint density at radius 3 is 2.47 bits per heavy atom. The molecule has 0 radical (unpaired) electrons. The van der Waals surface area contributed by atoms with Gasteiger partial charge in [0.25, 0.3) is 0 Å². The van der Waals surface area contributed by atoms with Gasteiger partial charge >= 0.3 is 0 Å². The molecule has 0 fully saturated rings. The Morgan fingerprint density at radius 1 is 1.33 bits per heavy atom. The molecule has 1 rings (SSSR count). The Bertz CT molecular complexity index is 340. The van der Waals surface area contributed by atoms with E-state index in [1.165, 1.54) is 0 Å². The van der Waals surface area contributed by atoms with Crippen LogP contribution >= 0.6 is 31.9 Å². The molecule has 4 heteroatoms. The molecule has 0 aromatic carbocycles. The molecule has 0 aliphatic rings. The third-order valence-electron chi connectivity index (χ3n) is 2.20. The third-order valence-corrected chi connectivity index (χ3v) is 3.37. The molecule has 2 nitrogen and oxygen atoms in total. The quantitative estimate of drug-likeness (QED) is 0.849. The molecule has 0 unspecified atom stereocenters. The zero-order valence-electron chi connectivity index (χ0n) is 8.93. The van der Waals surface area contributed by atoms with Crippen LogP contribution in [0.25, 0.3) is 0 Å². The van der Waals surface area contributed by atoms with E-state index in [1.807, 2.05) is 6.20 Å². The Hall–Kier alpha value is -0.0900. The molecule has 0 aliphatic heterocycles. The van der Waals surface area contributed by atoms with Crippen molar-refractivity contribution in [1.82, 2.24) is 4.98 Å². The van der Waals surface area contributed by atoms with Crippen molar-refractivity contribution in [3.63, 3.8) is 0 Å². The van der Waals surface area contributed by atoms with Gasteiger partial charge in [-0.1, -0.05) is 45.7 Å². The average molecular weight is 337 g/mol. The van der Waals surface area contributed by atoms with Crippen molar-refractivity contribution in [3.8, 4) is 5.75 Å². The van der Waals surface area contributed by atoms with Crippen LogP contribution in [0, 0.1) is 5.92 Å². The molecule has 0 amide bonds. The van der Waals surface area contributed by atoms with E-state index in [1.54, 1.807) is 0 Å². The highest BCUT2D eigenvalue weighted by Crippen LogP contribution is 2.29. The van der Waals surface area contributed by atoms with Gasteiger partial charge in [-0.25, -0.2) is 0 Å². The summed E-state index contributed by atoms with van der Waals surface area (Å²) in [7, 11) is 0. The number of aromatic hydroxyl groups is 1. The first-order valence-corrected chi connectivity index (χ1v) is 7.15. The number of halogens is 2. The molecule has 1 N–H and O–H groups in total. The highest BCUT2D eigenvalue weighted by Gasteiger charge is 2.13. The van der Waals surface area contributed by atoms with E-state index in [0.717, 1.165) is 28.6 Å². The predicted molar refractivity (Wildman–Crippen MR) is 69.7 cm³/mol. The van der Waals surface area contributed by atoms with E-state index in [9.17, 15) is 5.11 Å². The maximum atomic E-state index is 10.0. The normalized spacial score (nSPS) is 11.0. The standard InChI is InChI=1S/C11H15Br2NO/c1-7(2)3-10-11(15)9(5-13)8(4-12)6-14-10/h6-7,15H,3-5H2,1-2H3. The SMILES string of the molecule is CC(C)Cc1ncc(CBr)c(CBr)c1O. The molecule has 84 valence electrons. The van der Waals surface area contributed by atoms with E-state index in [2.05, 4.69) is 50.7 Å². The van der Waals surface area contributed by atoms with Crippen LogP contribution in [0.4, 0.5) is 0 Å². The fraction of sp³-hybridized carbons (Fsp3) is 0.545. The zero-order valence-corrected chi connectivity index (χ0v) is 12.1. The number of hydrogen-bond donors (Lipinski definition) is 1. The summed E-state index contributed by atoms with van der Waals surface area (Å²) < 4.78 is 0. The van der Waals surface area contributed by atoms with Crippen LogP contribution < -0.4 is 0 Å². The molecule has 0 atom stereocenters. The first-order valence-electron chi connectivity index (χ1n) is 4.90. The minimum absolute atomic E-state index is 0.345. The lowest BCUT2D eigenvalue weighted by atomic mass is 10.0. The van der Waals surface area contributed by atoms with E-state index in [0.29, 0.717) is 17.0 Å². The van der Waals surface area contributed by atoms with Gasteiger partial charge in [0.05, 0.1) is 5.69 Å². The van der Waals surface area contributed by atoms with E-state index >= 15 is 0 Å². The van der Waals surface area contributed by atoms with Crippen molar-refractivity contribution < 1.29 is 5.11 Å². The molecular formula is C11H15Br2NO. The molecule has 1 aromatic heterocycles. The zero-order chi connectivity index (χ0) is 11.4. The monoisotopic (exact) mass is 335 g/mol. The summed E-state index contributed by atoms with van der Waals surface area (Å²) in [4.78, 5) is 4.30. The lowest BCUT2D eigenvalue weighted by molar-refractivity contribution is 0.452. The molecule has 1 aromatic rings. The summed E-state index contributed by atoms with van der Waals surface area (Å²) in [6.07, 6.45) is 2.65. The van der Waals surface area contributed by atoms with Crippen molar-refractivity contribution in [3.05, 3.63) is 23.0 Å². The second kappa shape index (κ2) is 5.85. The van der Waals surface area contributed by atoms with Gasteiger partial charge < -0.3 is 5.11 Å². The molecule has 1 heterocycles.